The van der Waals surface area contributed by atoms with Crippen LogP contribution in [0, 0.1) is 6.92 Å². The molecule has 5 rings (SSSR count). The molecule has 2 heterocycles. The number of carbonyl (C=O) groups excluding carboxylic acids is 1. The maximum absolute atomic E-state index is 13.4. The Kier molecular flexibility index (Phi) is 6.52. The van der Waals surface area contributed by atoms with Gasteiger partial charge in [0.25, 0.3) is 5.89 Å². The van der Waals surface area contributed by atoms with E-state index in [1.54, 1.807) is 23.8 Å². The minimum atomic E-state index is -0.450. The van der Waals surface area contributed by atoms with Crippen molar-refractivity contribution in [1.29, 1.82) is 0 Å². The van der Waals surface area contributed by atoms with E-state index < -0.39 is 6.04 Å². The summed E-state index contributed by atoms with van der Waals surface area (Å²) in [5.74, 6) is 1.57. The van der Waals surface area contributed by atoms with Crippen molar-refractivity contribution in [3.63, 3.8) is 0 Å². The molecule has 4 aromatic rings. The molecule has 1 N–H and O–H groups in total. The van der Waals surface area contributed by atoms with Crippen LogP contribution in [-0.4, -0.2) is 29.5 Å². The molecule has 0 saturated carbocycles. The number of nitrogens with zero attached hydrogens (tertiary/aromatic N) is 3. The Balaban J connectivity index is 1.62. The van der Waals surface area contributed by atoms with Gasteiger partial charge in [-0.25, -0.2) is 4.79 Å². The summed E-state index contributed by atoms with van der Waals surface area (Å²) in [6, 6.07) is 22.7. The van der Waals surface area contributed by atoms with E-state index in [0.717, 1.165) is 27.2 Å². The number of allylic oxidation sites excluding steroid dienone is 1. The number of ether oxygens (including phenoxy) is 1. The zero-order valence-electron chi connectivity index (χ0n) is 20.5. The van der Waals surface area contributed by atoms with Crippen molar-refractivity contribution in [2.75, 3.05) is 18.3 Å². The number of rotatable bonds is 6. The van der Waals surface area contributed by atoms with Gasteiger partial charge in [0.2, 0.25) is 5.82 Å². The van der Waals surface area contributed by atoms with E-state index in [2.05, 4.69) is 10.5 Å². The van der Waals surface area contributed by atoms with Crippen LogP contribution in [0.1, 0.15) is 30.0 Å². The summed E-state index contributed by atoms with van der Waals surface area (Å²) in [6.07, 6.45) is 2.03. The molecule has 182 valence electrons. The molecule has 1 atom stereocenters. The second kappa shape index (κ2) is 9.91. The molecular weight excluding hydrogens is 472 g/mol. The Morgan fingerprint density at radius 2 is 1.67 bits per heavy atom. The average molecular weight is 499 g/mol. The number of urea groups is 1. The van der Waals surface area contributed by atoms with Gasteiger partial charge in [-0.2, -0.15) is 4.98 Å². The van der Waals surface area contributed by atoms with Gasteiger partial charge in [0.1, 0.15) is 5.75 Å². The van der Waals surface area contributed by atoms with E-state index in [1.165, 1.54) is 0 Å². The number of carbonyl (C=O) groups is 1. The van der Waals surface area contributed by atoms with Gasteiger partial charge in [0.05, 0.1) is 24.4 Å². The highest BCUT2D eigenvalue weighted by Crippen LogP contribution is 2.39. The van der Waals surface area contributed by atoms with Gasteiger partial charge in [-0.15, -0.1) is 11.8 Å². The maximum Gasteiger partial charge on any atom is 0.326 e. The summed E-state index contributed by atoms with van der Waals surface area (Å²) >= 11 is 1.67. The van der Waals surface area contributed by atoms with Gasteiger partial charge in [0, 0.05) is 16.2 Å². The number of anilines is 1. The summed E-state index contributed by atoms with van der Waals surface area (Å²) in [5, 5.41) is 7.40. The normalized spacial score (nSPS) is 15.7. The first kappa shape index (κ1) is 23.7. The van der Waals surface area contributed by atoms with Crippen LogP contribution < -0.4 is 15.0 Å². The van der Waals surface area contributed by atoms with Crippen molar-refractivity contribution in [1.82, 2.24) is 15.5 Å². The number of hydrogen-bond donors (Lipinski definition) is 1. The van der Waals surface area contributed by atoms with Crippen molar-refractivity contribution in [2.24, 2.45) is 0 Å². The van der Waals surface area contributed by atoms with Crippen molar-refractivity contribution < 1.29 is 14.1 Å². The van der Waals surface area contributed by atoms with Gasteiger partial charge in [-0.3, -0.25) is 4.90 Å². The van der Waals surface area contributed by atoms with Crippen LogP contribution in [-0.2, 0) is 0 Å². The molecule has 8 heteroatoms. The van der Waals surface area contributed by atoms with E-state index >= 15 is 0 Å². The van der Waals surface area contributed by atoms with Gasteiger partial charge >= 0.3 is 6.03 Å². The molecule has 1 unspecified atom stereocenters. The van der Waals surface area contributed by atoms with E-state index in [4.69, 9.17) is 14.2 Å². The van der Waals surface area contributed by atoms with Crippen LogP contribution in [0.15, 0.2) is 87.9 Å². The highest BCUT2D eigenvalue weighted by Gasteiger charge is 2.36. The lowest BCUT2D eigenvalue weighted by molar-refractivity contribution is 0.244. The Hall–Kier alpha value is -4.04. The standard InChI is InChI=1S/C28H26N4O3S/c1-17-5-7-20(8-6-17)26-30-27(35-31-26)24-18(2)32(21-11-13-22(34-3)14-12-21)28(33)29-25(24)19-9-15-23(36-4)16-10-19/h5-16,25H,1-4H3,(H,29,33). The summed E-state index contributed by atoms with van der Waals surface area (Å²) in [5.41, 5.74) is 5.11. The van der Waals surface area contributed by atoms with E-state index in [0.29, 0.717) is 28.8 Å². The minimum Gasteiger partial charge on any atom is -0.497 e. The predicted molar refractivity (Wildman–Crippen MR) is 142 cm³/mol. The third-order valence-corrected chi connectivity index (χ3v) is 6.97. The summed E-state index contributed by atoms with van der Waals surface area (Å²) in [4.78, 5) is 20.9. The molecule has 36 heavy (non-hydrogen) atoms. The first-order valence-electron chi connectivity index (χ1n) is 11.5. The molecule has 7 nitrogen and oxygen atoms in total. The average Bonchev–Trinajstić information content (AvgIpc) is 3.39. The fourth-order valence-electron chi connectivity index (χ4n) is 4.26. The predicted octanol–water partition coefficient (Wildman–Crippen LogP) is 6.48. The molecule has 1 aliphatic rings. The third-order valence-electron chi connectivity index (χ3n) is 6.23. The fraction of sp³-hybridized carbons (Fsp3) is 0.179. The largest absolute Gasteiger partial charge is 0.497 e. The van der Waals surface area contributed by atoms with Crippen molar-refractivity contribution in [2.45, 2.75) is 24.8 Å². The number of methoxy groups -OCH3 is 1. The number of thioether (sulfide) groups is 1. The lowest BCUT2D eigenvalue weighted by Gasteiger charge is -2.35. The second-order valence-corrected chi connectivity index (χ2v) is 9.36. The Morgan fingerprint density at radius 3 is 2.31 bits per heavy atom. The molecule has 0 spiro atoms. The van der Waals surface area contributed by atoms with E-state index in [9.17, 15) is 4.79 Å². The van der Waals surface area contributed by atoms with Crippen molar-refractivity contribution in [3.05, 3.63) is 95.5 Å². The molecule has 0 aliphatic carbocycles. The van der Waals surface area contributed by atoms with Crippen LogP contribution in [0.4, 0.5) is 10.5 Å². The molecule has 0 bridgehead atoms. The number of aromatic nitrogens is 2. The zero-order valence-corrected chi connectivity index (χ0v) is 21.3. The Morgan fingerprint density at radius 1 is 0.972 bits per heavy atom. The smallest absolute Gasteiger partial charge is 0.326 e. The number of aryl methyl sites for hydroxylation is 1. The lowest BCUT2D eigenvalue weighted by Crippen LogP contribution is -2.46. The maximum atomic E-state index is 13.4. The highest BCUT2D eigenvalue weighted by atomic mass is 32.2. The molecule has 0 fully saturated rings. The molecular formula is C28H26N4O3S. The van der Waals surface area contributed by atoms with Gasteiger partial charge < -0.3 is 14.6 Å². The number of amides is 2. The first-order valence-corrected chi connectivity index (χ1v) is 12.7. The van der Waals surface area contributed by atoms with E-state index in [1.807, 2.05) is 92.9 Å². The van der Waals surface area contributed by atoms with Crippen LogP contribution >= 0.6 is 11.8 Å². The Bertz CT molecular complexity index is 1410. The second-order valence-electron chi connectivity index (χ2n) is 8.48. The molecule has 3 aromatic carbocycles. The first-order chi connectivity index (χ1) is 17.5. The third kappa shape index (κ3) is 4.47. The van der Waals surface area contributed by atoms with E-state index in [-0.39, 0.29) is 6.03 Å². The highest BCUT2D eigenvalue weighted by molar-refractivity contribution is 7.98. The van der Waals surface area contributed by atoms with Gasteiger partial charge in [-0.05, 0) is 62.1 Å². The monoisotopic (exact) mass is 498 g/mol. The topological polar surface area (TPSA) is 80.5 Å². The number of benzene rings is 3. The summed E-state index contributed by atoms with van der Waals surface area (Å²) < 4.78 is 11.1. The van der Waals surface area contributed by atoms with Crippen LogP contribution in [0.3, 0.4) is 0 Å². The minimum absolute atomic E-state index is 0.237. The molecule has 1 aliphatic heterocycles. The number of hydrogen-bond acceptors (Lipinski definition) is 6. The quantitative estimate of drug-likeness (QED) is 0.307. The SMILES string of the molecule is COc1ccc(N2C(=O)NC(c3ccc(SC)cc3)C(c3nc(-c4ccc(C)cc4)no3)=C2C)cc1. The van der Waals surface area contributed by atoms with Gasteiger partial charge in [-0.1, -0.05) is 47.1 Å². The van der Waals surface area contributed by atoms with Crippen molar-refractivity contribution >= 4 is 29.1 Å². The number of nitrogens with one attached hydrogen (secondary N) is 1. The van der Waals surface area contributed by atoms with Crippen molar-refractivity contribution in [3.8, 4) is 17.1 Å². The summed E-state index contributed by atoms with van der Waals surface area (Å²) in [7, 11) is 1.61. The molecule has 2 amide bonds. The molecule has 0 radical (unpaired) electrons. The fourth-order valence-corrected chi connectivity index (χ4v) is 4.67. The Labute approximate surface area is 214 Å². The summed E-state index contributed by atoms with van der Waals surface area (Å²) in [6.45, 7) is 3.93. The zero-order chi connectivity index (χ0) is 25.2. The lowest BCUT2D eigenvalue weighted by atomic mass is 9.94. The molecule has 1 aromatic heterocycles. The van der Waals surface area contributed by atoms with Crippen LogP contribution in [0.2, 0.25) is 0 Å². The van der Waals surface area contributed by atoms with Crippen LogP contribution in [0.5, 0.6) is 5.75 Å². The van der Waals surface area contributed by atoms with Gasteiger partial charge in [0.15, 0.2) is 0 Å². The van der Waals surface area contributed by atoms with Crippen LogP contribution in [0.25, 0.3) is 17.0 Å². The molecule has 0 saturated heterocycles.